The highest BCUT2D eigenvalue weighted by molar-refractivity contribution is 5.27. The summed E-state index contributed by atoms with van der Waals surface area (Å²) in [6.07, 6.45) is 3.95. The van der Waals surface area contributed by atoms with Crippen molar-refractivity contribution < 1.29 is 14.2 Å². The van der Waals surface area contributed by atoms with Crippen LogP contribution in [0.2, 0.25) is 0 Å². The van der Waals surface area contributed by atoms with E-state index in [2.05, 4.69) is 0 Å². The molecule has 3 N–H and O–H groups in total. The van der Waals surface area contributed by atoms with Gasteiger partial charge in [-0.05, 0) is 56.7 Å². The van der Waals surface area contributed by atoms with Crippen molar-refractivity contribution in [3.05, 3.63) is 29.8 Å². The van der Waals surface area contributed by atoms with Gasteiger partial charge in [0.15, 0.2) is 0 Å². The van der Waals surface area contributed by atoms with Gasteiger partial charge in [0.2, 0.25) is 0 Å². The second-order valence-corrected chi connectivity index (χ2v) is 5.55. The Labute approximate surface area is 120 Å². The van der Waals surface area contributed by atoms with Crippen molar-refractivity contribution >= 4 is 0 Å². The molecule has 0 heterocycles. The van der Waals surface area contributed by atoms with Crippen molar-refractivity contribution in [3.8, 4) is 5.75 Å². The van der Waals surface area contributed by atoms with Crippen LogP contribution in [0.15, 0.2) is 24.3 Å². The molecule has 1 atom stereocenters. The Morgan fingerprint density at radius 3 is 2.50 bits per heavy atom. The van der Waals surface area contributed by atoms with Crippen LogP contribution in [0.3, 0.4) is 0 Å². The summed E-state index contributed by atoms with van der Waals surface area (Å²) in [7, 11) is 0. The molecule has 1 rings (SSSR count). The smallest absolute Gasteiger partial charge is 0.119 e. The zero-order valence-electron chi connectivity index (χ0n) is 12.3. The van der Waals surface area contributed by atoms with E-state index < -0.39 is 5.54 Å². The van der Waals surface area contributed by atoms with Gasteiger partial charge in [0.05, 0.1) is 19.9 Å². The van der Waals surface area contributed by atoms with E-state index in [1.165, 1.54) is 5.56 Å². The highest BCUT2D eigenvalue weighted by atomic mass is 19.1. The Kier molecular flexibility index (Phi) is 7.55. The number of alkyl halides is 1. The fourth-order valence-electron chi connectivity index (χ4n) is 1.82. The first-order chi connectivity index (χ1) is 9.57. The van der Waals surface area contributed by atoms with E-state index in [0.717, 1.165) is 31.4 Å². The molecule has 0 aromatic heterocycles. The van der Waals surface area contributed by atoms with E-state index in [9.17, 15) is 4.39 Å². The van der Waals surface area contributed by atoms with Crippen LogP contribution >= 0.6 is 0 Å². The maximum absolute atomic E-state index is 11.9. The molecule has 0 amide bonds. The molecule has 0 saturated carbocycles. The second-order valence-electron chi connectivity index (χ2n) is 5.55. The van der Waals surface area contributed by atoms with Gasteiger partial charge in [0.1, 0.15) is 5.75 Å². The molecule has 0 aliphatic rings. The molecule has 0 bridgehead atoms. The van der Waals surface area contributed by atoms with E-state index in [1.807, 2.05) is 31.2 Å². The number of hydrogen-bond acceptors (Lipinski definition) is 3. The molecule has 114 valence electrons. The van der Waals surface area contributed by atoms with Crippen molar-refractivity contribution in [1.82, 2.24) is 0 Å². The van der Waals surface area contributed by atoms with Crippen molar-refractivity contribution in [2.24, 2.45) is 5.73 Å². The Hall–Kier alpha value is -1.13. The molecule has 1 unspecified atom stereocenters. The Morgan fingerprint density at radius 2 is 1.90 bits per heavy atom. The summed E-state index contributed by atoms with van der Waals surface area (Å²) in [5.74, 6) is 0.840. The normalized spacial score (nSPS) is 14.0. The molecule has 0 fully saturated rings. The minimum absolute atomic E-state index is 0.00687. The van der Waals surface area contributed by atoms with Crippen molar-refractivity contribution in [3.63, 3.8) is 0 Å². The minimum Gasteiger partial charge on any atom is -0.494 e. The summed E-state index contributed by atoms with van der Waals surface area (Å²) in [6.45, 7) is 2.22. The molecular weight excluding hydrogens is 257 g/mol. The van der Waals surface area contributed by atoms with Gasteiger partial charge in [-0.1, -0.05) is 12.1 Å². The van der Waals surface area contributed by atoms with Gasteiger partial charge in [0, 0.05) is 5.54 Å². The first-order valence-electron chi connectivity index (χ1n) is 7.25. The summed E-state index contributed by atoms with van der Waals surface area (Å²) in [5, 5.41) is 9.11. The number of aliphatic hydroxyl groups excluding tert-OH is 1. The molecule has 3 nitrogen and oxygen atoms in total. The van der Waals surface area contributed by atoms with Crippen LogP contribution in [0.25, 0.3) is 0 Å². The largest absolute Gasteiger partial charge is 0.494 e. The first kappa shape index (κ1) is 16.9. The van der Waals surface area contributed by atoms with Crippen LogP contribution in [-0.2, 0) is 6.42 Å². The maximum Gasteiger partial charge on any atom is 0.119 e. The third kappa shape index (κ3) is 6.87. The average Bonchev–Trinajstić information content (AvgIpc) is 2.46. The van der Waals surface area contributed by atoms with Crippen LogP contribution in [-0.4, -0.2) is 30.5 Å². The fourth-order valence-corrected chi connectivity index (χ4v) is 1.82. The number of halogens is 1. The highest BCUT2D eigenvalue weighted by Gasteiger charge is 2.16. The first-order valence-corrected chi connectivity index (χ1v) is 7.25. The van der Waals surface area contributed by atoms with E-state index in [-0.39, 0.29) is 13.3 Å². The van der Waals surface area contributed by atoms with Gasteiger partial charge in [-0.25, -0.2) is 0 Å². The van der Waals surface area contributed by atoms with Gasteiger partial charge in [0.25, 0.3) is 0 Å². The molecule has 0 aliphatic carbocycles. The zero-order valence-corrected chi connectivity index (χ0v) is 12.3. The monoisotopic (exact) mass is 283 g/mol. The average molecular weight is 283 g/mol. The van der Waals surface area contributed by atoms with Crippen molar-refractivity contribution in [2.75, 3.05) is 19.9 Å². The highest BCUT2D eigenvalue weighted by Crippen LogP contribution is 2.16. The molecule has 0 radical (unpaired) electrons. The lowest BCUT2D eigenvalue weighted by Crippen LogP contribution is -2.40. The molecule has 0 saturated heterocycles. The lowest BCUT2D eigenvalue weighted by Gasteiger charge is -2.21. The predicted molar refractivity (Wildman–Crippen MR) is 79.8 cm³/mol. The molecule has 0 aliphatic heterocycles. The number of aliphatic hydroxyl groups is 1. The van der Waals surface area contributed by atoms with E-state index in [1.54, 1.807) is 0 Å². The summed E-state index contributed by atoms with van der Waals surface area (Å²) in [6, 6.07) is 7.92. The second kappa shape index (κ2) is 8.93. The number of rotatable bonds is 10. The number of benzene rings is 1. The van der Waals surface area contributed by atoms with Crippen LogP contribution in [0.4, 0.5) is 4.39 Å². The van der Waals surface area contributed by atoms with Crippen LogP contribution in [0.1, 0.15) is 38.2 Å². The van der Waals surface area contributed by atoms with E-state index >= 15 is 0 Å². The van der Waals surface area contributed by atoms with Gasteiger partial charge in [-0.2, -0.15) is 0 Å². The Balaban J connectivity index is 2.29. The zero-order chi connectivity index (χ0) is 14.8. The number of unbranched alkanes of at least 4 members (excludes halogenated alkanes) is 2. The number of hydrogen-bond donors (Lipinski definition) is 2. The van der Waals surface area contributed by atoms with Gasteiger partial charge in [-0.3, -0.25) is 4.39 Å². The Morgan fingerprint density at radius 1 is 1.20 bits per heavy atom. The number of aryl methyl sites for hydroxylation is 1. The summed E-state index contributed by atoms with van der Waals surface area (Å²) >= 11 is 0. The Bertz CT molecular complexity index is 365. The van der Waals surface area contributed by atoms with Gasteiger partial charge < -0.3 is 15.6 Å². The quantitative estimate of drug-likeness (QED) is 0.649. The van der Waals surface area contributed by atoms with Crippen molar-refractivity contribution in [2.45, 2.75) is 44.6 Å². The molecule has 0 spiro atoms. The van der Waals surface area contributed by atoms with Gasteiger partial charge >= 0.3 is 0 Å². The maximum atomic E-state index is 11.9. The molecular formula is C16H26FNO2. The number of ether oxygens (including phenoxy) is 1. The molecule has 1 aromatic rings. The molecule has 4 heteroatoms. The predicted octanol–water partition coefficient (Wildman–Crippen LogP) is 2.85. The van der Waals surface area contributed by atoms with E-state index in [0.29, 0.717) is 13.0 Å². The SMILES string of the molecule is CC(N)(CO)CCc1ccc(OCCCCCF)cc1. The minimum atomic E-state index is -0.522. The number of nitrogens with two attached hydrogens (primary N) is 1. The van der Waals surface area contributed by atoms with Gasteiger partial charge in [-0.15, -0.1) is 0 Å². The fraction of sp³-hybridized carbons (Fsp3) is 0.625. The lowest BCUT2D eigenvalue weighted by atomic mass is 9.95. The summed E-state index contributed by atoms with van der Waals surface area (Å²) < 4.78 is 17.5. The van der Waals surface area contributed by atoms with Crippen molar-refractivity contribution in [1.29, 1.82) is 0 Å². The van der Waals surface area contributed by atoms with Crippen LogP contribution < -0.4 is 10.5 Å². The summed E-state index contributed by atoms with van der Waals surface area (Å²) in [4.78, 5) is 0. The van der Waals surface area contributed by atoms with Crippen LogP contribution in [0, 0.1) is 0 Å². The standard InChI is InChI=1S/C16H26FNO2/c1-16(18,13-19)10-9-14-5-7-15(8-6-14)20-12-4-2-3-11-17/h5-8,19H,2-4,9-13,18H2,1H3. The molecule has 20 heavy (non-hydrogen) atoms. The van der Waals surface area contributed by atoms with Crippen LogP contribution in [0.5, 0.6) is 5.75 Å². The third-order valence-corrected chi connectivity index (χ3v) is 3.32. The third-order valence-electron chi connectivity index (χ3n) is 3.32. The van der Waals surface area contributed by atoms with E-state index in [4.69, 9.17) is 15.6 Å². The molecule has 1 aromatic carbocycles. The lowest BCUT2D eigenvalue weighted by molar-refractivity contribution is 0.200. The summed E-state index contributed by atoms with van der Waals surface area (Å²) in [5.41, 5.74) is 6.56. The topological polar surface area (TPSA) is 55.5 Å².